The Hall–Kier alpha value is -1.54. The predicted octanol–water partition coefficient (Wildman–Crippen LogP) is -0.306. The first-order valence-corrected chi connectivity index (χ1v) is 4.10. The van der Waals surface area contributed by atoms with E-state index < -0.39 is 24.6 Å². The van der Waals surface area contributed by atoms with E-state index in [1.807, 2.05) is 0 Å². The van der Waals surface area contributed by atoms with Crippen molar-refractivity contribution in [2.45, 2.75) is 6.18 Å². The lowest BCUT2D eigenvalue weighted by Gasteiger charge is -2.08. The van der Waals surface area contributed by atoms with Crippen molar-refractivity contribution in [3.8, 4) is 0 Å². The molecule has 4 N–H and O–H groups in total. The Kier molecular flexibility index (Phi) is 3.25. The number of alkyl halides is 3. The van der Waals surface area contributed by atoms with E-state index in [0.29, 0.717) is 0 Å². The minimum atomic E-state index is -4.98. The van der Waals surface area contributed by atoms with Crippen molar-refractivity contribution in [1.82, 2.24) is 0 Å². The second kappa shape index (κ2) is 4.15. The highest BCUT2D eigenvalue weighted by molar-refractivity contribution is 6.60. The molecule has 0 aliphatic heterocycles. The third kappa shape index (κ3) is 2.53. The molecule has 0 spiro atoms. The van der Waals surface area contributed by atoms with Gasteiger partial charge in [-0.15, -0.1) is 0 Å². The maximum atomic E-state index is 12.0. The van der Waals surface area contributed by atoms with E-state index in [2.05, 4.69) is 0 Å². The Balaban J connectivity index is 3.12. The van der Waals surface area contributed by atoms with E-state index in [4.69, 9.17) is 15.8 Å². The first-order valence-electron chi connectivity index (χ1n) is 4.10. The average Bonchev–Trinajstić information content (AvgIpc) is 2.14. The third-order valence-electron chi connectivity index (χ3n) is 1.88. The number of rotatable bonds is 2. The van der Waals surface area contributed by atoms with Crippen LogP contribution in [0.1, 0.15) is 10.4 Å². The molecule has 1 aromatic rings. The largest absolute Gasteiger partial charge is 0.490 e. The number of anilines is 1. The summed E-state index contributed by atoms with van der Waals surface area (Å²) in [4.78, 5) is 10.8. The van der Waals surface area contributed by atoms with Gasteiger partial charge in [-0.3, -0.25) is 4.79 Å². The molecule has 0 atom stereocenters. The first-order chi connectivity index (χ1) is 7.23. The summed E-state index contributed by atoms with van der Waals surface area (Å²) >= 11 is 0. The number of hydrogen-bond acceptors (Lipinski definition) is 4. The van der Waals surface area contributed by atoms with Gasteiger partial charge < -0.3 is 15.8 Å². The fraction of sp³-hybridized carbons (Fsp3) is 0.125. The van der Waals surface area contributed by atoms with Crippen LogP contribution in [0.5, 0.6) is 0 Å². The van der Waals surface area contributed by atoms with Crippen LogP contribution in [0.25, 0.3) is 0 Å². The number of benzene rings is 1. The molecule has 0 aromatic heterocycles. The van der Waals surface area contributed by atoms with Gasteiger partial charge in [0.2, 0.25) is 0 Å². The van der Waals surface area contributed by atoms with Gasteiger partial charge in [0, 0.05) is 16.7 Å². The fourth-order valence-corrected chi connectivity index (χ4v) is 1.11. The van der Waals surface area contributed by atoms with Gasteiger partial charge in [-0.25, -0.2) is 0 Å². The molecule has 1 aromatic carbocycles. The molecule has 0 bridgehead atoms. The Bertz CT molecular complexity index is 419. The molecule has 0 saturated heterocycles. The fourth-order valence-electron chi connectivity index (χ4n) is 1.11. The summed E-state index contributed by atoms with van der Waals surface area (Å²) in [5, 5.41) is 17.5. The first kappa shape index (κ1) is 12.5. The van der Waals surface area contributed by atoms with Crippen molar-refractivity contribution in [2.75, 3.05) is 5.73 Å². The molecule has 0 unspecified atom stereocenters. The monoisotopic (exact) mass is 233 g/mol. The smallest absolute Gasteiger partial charge is 0.423 e. The Morgan fingerprint density at radius 3 is 2.25 bits per heavy atom. The van der Waals surface area contributed by atoms with Crippen molar-refractivity contribution < 1.29 is 28.0 Å². The van der Waals surface area contributed by atoms with Crippen LogP contribution < -0.4 is 11.2 Å². The molecule has 0 aliphatic carbocycles. The molecule has 0 heterocycles. The minimum absolute atomic E-state index is 0.154. The molecule has 0 aliphatic rings. The standard InChI is InChI=1S/C8H7BF3NO3/c10-8(11,12)7(14)4-1-2-5(9(15)16)6(13)3-4/h1-3,15-16H,13H2. The van der Waals surface area contributed by atoms with E-state index in [1.54, 1.807) is 0 Å². The van der Waals surface area contributed by atoms with Gasteiger partial charge >= 0.3 is 13.3 Å². The zero-order chi connectivity index (χ0) is 12.5. The topological polar surface area (TPSA) is 83.6 Å². The second-order valence-corrected chi connectivity index (χ2v) is 3.04. The molecule has 0 radical (unpaired) electrons. The normalized spacial score (nSPS) is 11.3. The van der Waals surface area contributed by atoms with Crippen LogP contribution in [0, 0.1) is 0 Å². The second-order valence-electron chi connectivity index (χ2n) is 3.04. The molecule has 0 fully saturated rings. The summed E-state index contributed by atoms with van der Waals surface area (Å²) in [5.74, 6) is -2.03. The van der Waals surface area contributed by atoms with Gasteiger partial charge in [0.1, 0.15) is 0 Å². The summed E-state index contributed by atoms with van der Waals surface area (Å²) in [6.07, 6.45) is -4.98. The number of Topliss-reactive ketones (excluding diaryl/α,β-unsaturated/α-hetero) is 1. The van der Waals surface area contributed by atoms with Crippen LogP contribution in [0.15, 0.2) is 18.2 Å². The van der Waals surface area contributed by atoms with Crippen LogP contribution in [0.2, 0.25) is 0 Å². The molecule has 0 saturated carbocycles. The van der Waals surface area contributed by atoms with Gasteiger partial charge in [0.05, 0.1) is 0 Å². The Morgan fingerprint density at radius 1 is 1.31 bits per heavy atom. The number of ketones is 1. The van der Waals surface area contributed by atoms with Crippen LogP contribution >= 0.6 is 0 Å². The molecule has 0 amide bonds. The SMILES string of the molecule is Nc1cc(C(=O)C(F)(F)F)ccc1B(O)O. The van der Waals surface area contributed by atoms with Gasteiger partial charge in [-0.2, -0.15) is 13.2 Å². The van der Waals surface area contributed by atoms with Crippen molar-refractivity contribution >= 4 is 24.1 Å². The highest BCUT2D eigenvalue weighted by Gasteiger charge is 2.39. The lowest BCUT2D eigenvalue weighted by Crippen LogP contribution is -2.33. The van der Waals surface area contributed by atoms with Crippen molar-refractivity contribution in [1.29, 1.82) is 0 Å². The van der Waals surface area contributed by atoms with Crippen LogP contribution in [-0.2, 0) is 0 Å². The van der Waals surface area contributed by atoms with Crippen molar-refractivity contribution in [3.05, 3.63) is 23.8 Å². The summed E-state index contributed by atoms with van der Waals surface area (Å²) in [6, 6.07) is 2.55. The zero-order valence-corrected chi connectivity index (χ0v) is 7.82. The molecule has 8 heteroatoms. The lowest BCUT2D eigenvalue weighted by molar-refractivity contribution is -0.0885. The van der Waals surface area contributed by atoms with Gasteiger partial charge in [-0.05, 0) is 6.07 Å². The van der Waals surface area contributed by atoms with Crippen LogP contribution in [0.4, 0.5) is 18.9 Å². The molecular weight excluding hydrogens is 226 g/mol. The van der Waals surface area contributed by atoms with E-state index in [9.17, 15) is 18.0 Å². The summed E-state index contributed by atoms with van der Waals surface area (Å²) < 4.78 is 36.1. The van der Waals surface area contributed by atoms with E-state index in [-0.39, 0.29) is 11.2 Å². The van der Waals surface area contributed by atoms with E-state index in [0.717, 1.165) is 18.2 Å². The molecule has 4 nitrogen and oxygen atoms in total. The summed E-state index contributed by atoms with van der Waals surface area (Å²) in [5.41, 5.74) is 4.18. The molecule has 1 rings (SSSR count). The van der Waals surface area contributed by atoms with Gasteiger partial charge in [0.15, 0.2) is 0 Å². The van der Waals surface area contributed by atoms with Gasteiger partial charge in [-0.1, -0.05) is 12.1 Å². The lowest BCUT2D eigenvalue weighted by atomic mass is 9.78. The van der Waals surface area contributed by atoms with Crippen molar-refractivity contribution in [2.24, 2.45) is 0 Å². The highest BCUT2D eigenvalue weighted by Crippen LogP contribution is 2.21. The van der Waals surface area contributed by atoms with Gasteiger partial charge in [0.25, 0.3) is 5.78 Å². The van der Waals surface area contributed by atoms with Crippen LogP contribution in [-0.4, -0.2) is 29.1 Å². The molecule has 16 heavy (non-hydrogen) atoms. The number of carbonyl (C=O) groups excluding carboxylic acids is 1. The number of nitrogen functional groups attached to an aromatic ring is 1. The van der Waals surface area contributed by atoms with Crippen LogP contribution in [0.3, 0.4) is 0 Å². The minimum Gasteiger partial charge on any atom is -0.423 e. The maximum absolute atomic E-state index is 12.0. The Morgan fingerprint density at radius 2 is 1.88 bits per heavy atom. The maximum Gasteiger partial charge on any atom is 0.490 e. The number of hydrogen-bond donors (Lipinski definition) is 3. The van der Waals surface area contributed by atoms with Crippen molar-refractivity contribution in [3.63, 3.8) is 0 Å². The van der Waals surface area contributed by atoms with E-state index in [1.165, 1.54) is 0 Å². The number of nitrogens with two attached hydrogens (primary N) is 1. The predicted molar refractivity (Wildman–Crippen MR) is 51.1 cm³/mol. The molecule has 86 valence electrons. The number of halogens is 3. The summed E-state index contributed by atoms with van der Waals surface area (Å²) in [6.45, 7) is 0. The average molecular weight is 233 g/mol. The number of carbonyl (C=O) groups is 1. The Labute approximate surface area is 88.6 Å². The summed E-state index contributed by atoms with van der Waals surface area (Å²) in [7, 11) is -1.89. The van der Waals surface area contributed by atoms with E-state index >= 15 is 0 Å². The molecular formula is C8H7BF3NO3. The zero-order valence-electron chi connectivity index (χ0n) is 7.82. The quantitative estimate of drug-likeness (QED) is 0.371. The highest BCUT2D eigenvalue weighted by atomic mass is 19.4. The third-order valence-corrected chi connectivity index (χ3v) is 1.88.